The van der Waals surface area contributed by atoms with Gasteiger partial charge in [-0.15, -0.1) is 0 Å². The number of nitrogens with two attached hydrogens (primary N) is 1. The summed E-state index contributed by atoms with van der Waals surface area (Å²) < 4.78 is 5.31. The molecule has 0 unspecified atom stereocenters. The molecule has 1 aromatic rings. The second kappa shape index (κ2) is 6.87. The number of nitrogens with one attached hydrogen (secondary N) is 1. The quantitative estimate of drug-likeness (QED) is 0.737. The SMILES string of the molecule is COc1cc(CN(C)CC(=O)NC2CC2)ccc1C(N)=S. The smallest absolute Gasteiger partial charge is 0.234 e. The highest BCUT2D eigenvalue weighted by Gasteiger charge is 2.23. The number of benzene rings is 1. The second-order valence-corrected chi connectivity index (χ2v) is 5.85. The molecule has 3 N–H and O–H groups in total. The van der Waals surface area contributed by atoms with E-state index in [1.54, 1.807) is 7.11 Å². The Balaban J connectivity index is 1.94. The van der Waals surface area contributed by atoms with E-state index >= 15 is 0 Å². The zero-order valence-corrected chi connectivity index (χ0v) is 13.2. The number of thiocarbonyl (C=S) groups is 1. The van der Waals surface area contributed by atoms with Gasteiger partial charge in [0.15, 0.2) is 0 Å². The standard InChI is InChI=1S/C15H21N3O2S/c1-18(9-14(19)17-11-4-5-11)8-10-3-6-12(15(16)21)13(7-10)20-2/h3,6-7,11H,4-5,8-9H2,1-2H3,(H2,16,21)(H,17,19). The summed E-state index contributed by atoms with van der Waals surface area (Å²) in [6, 6.07) is 6.11. The van der Waals surface area contributed by atoms with Crippen LogP contribution in [-0.2, 0) is 11.3 Å². The molecule has 6 heteroatoms. The van der Waals surface area contributed by atoms with Gasteiger partial charge in [0.05, 0.1) is 19.2 Å². The van der Waals surface area contributed by atoms with Gasteiger partial charge >= 0.3 is 0 Å². The normalized spacial score (nSPS) is 14.0. The molecule has 0 atom stereocenters. The van der Waals surface area contributed by atoms with E-state index in [2.05, 4.69) is 5.32 Å². The molecule has 0 saturated heterocycles. The predicted molar refractivity (Wildman–Crippen MR) is 86.4 cm³/mol. The molecule has 114 valence electrons. The van der Waals surface area contributed by atoms with E-state index in [4.69, 9.17) is 22.7 Å². The van der Waals surface area contributed by atoms with Gasteiger partial charge in [-0.3, -0.25) is 9.69 Å². The van der Waals surface area contributed by atoms with Crippen LogP contribution in [0.15, 0.2) is 18.2 Å². The molecular weight excluding hydrogens is 286 g/mol. The van der Waals surface area contributed by atoms with Crippen LogP contribution in [0, 0.1) is 0 Å². The lowest BCUT2D eigenvalue weighted by Gasteiger charge is -2.17. The first-order chi connectivity index (χ1) is 9.99. The van der Waals surface area contributed by atoms with E-state index in [1.165, 1.54) is 0 Å². The molecule has 0 aromatic heterocycles. The Bertz CT molecular complexity index is 544. The van der Waals surface area contributed by atoms with Gasteiger partial charge in [0.2, 0.25) is 5.91 Å². The Hall–Kier alpha value is -1.66. The van der Waals surface area contributed by atoms with E-state index in [-0.39, 0.29) is 5.91 Å². The van der Waals surface area contributed by atoms with Crippen molar-refractivity contribution in [3.8, 4) is 5.75 Å². The molecule has 21 heavy (non-hydrogen) atoms. The lowest BCUT2D eigenvalue weighted by atomic mass is 10.1. The van der Waals surface area contributed by atoms with Crippen molar-refractivity contribution >= 4 is 23.1 Å². The van der Waals surface area contributed by atoms with Gasteiger partial charge in [-0.05, 0) is 37.6 Å². The first kappa shape index (κ1) is 15.7. The lowest BCUT2D eigenvalue weighted by molar-refractivity contribution is -0.122. The van der Waals surface area contributed by atoms with Crippen LogP contribution in [-0.4, -0.2) is 42.5 Å². The number of hydrogen-bond acceptors (Lipinski definition) is 4. The van der Waals surface area contributed by atoms with Crippen molar-refractivity contribution in [3.05, 3.63) is 29.3 Å². The van der Waals surface area contributed by atoms with E-state index in [0.29, 0.717) is 29.9 Å². The first-order valence-corrected chi connectivity index (χ1v) is 7.35. The lowest BCUT2D eigenvalue weighted by Crippen LogP contribution is -2.35. The van der Waals surface area contributed by atoms with Crippen LogP contribution in [0.4, 0.5) is 0 Å². The van der Waals surface area contributed by atoms with Crippen molar-refractivity contribution in [1.82, 2.24) is 10.2 Å². The molecule has 1 amide bonds. The van der Waals surface area contributed by atoms with Crippen LogP contribution in [0.25, 0.3) is 0 Å². The van der Waals surface area contributed by atoms with Gasteiger partial charge in [0, 0.05) is 12.6 Å². The summed E-state index contributed by atoms with van der Waals surface area (Å²) >= 11 is 4.98. The second-order valence-electron chi connectivity index (χ2n) is 5.41. The number of rotatable bonds is 7. The molecule has 1 fully saturated rings. The largest absolute Gasteiger partial charge is 0.496 e. The monoisotopic (exact) mass is 307 g/mol. The Morgan fingerprint density at radius 3 is 2.81 bits per heavy atom. The van der Waals surface area contributed by atoms with Crippen molar-refractivity contribution in [2.24, 2.45) is 5.73 Å². The molecule has 1 aliphatic rings. The minimum Gasteiger partial charge on any atom is -0.496 e. The Morgan fingerprint density at radius 2 is 2.24 bits per heavy atom. The molecular formula is C15H21N3O2S. The van der Waals surface area contributed by atoms with Crippen LogP contribution in [0.3, 0.4) is 0 Å². The highest BCUT2D eigenvalue weighted by molar-refractivity contribution is 7.80. The maximum Gasteiger partial charge on any atom is 0.234 e. The van der Waals surface area contributed by atoms with Crippen LogP contribution in [0.5, 0.6) is 5.75 Å². The van der Waals surface area contributed by atoms with E-state index < -0.39 is 0 Å². The average molecular weight is 307 g/mol. The molecule has 0 bridgehead atoms. The highest BCUT2D eigenvalue weighted by Crippen LogP contribution is 2.21. The minimum atomic E-state index is 0.0757. The molecule has 1 aliphatic carbocycles. The van der Waals surface area contributed by atoms with Gasteiger partial charge in [-0.25, -0.2) is 0 Å². The van der Waals surface area contributed by atoms with Crippen LogP contribution >= 0.6 is 12.2 Å². The topological polar surface area (TPSA) is 67.6 Å². The predicted octanol–water partition coefficient (Wildman–Crippen LogP) is 1.04. The van der Waals surface area contributed by atoms with Crippen molar-refractivity contribution in [3.63, 3.8) is 0 Å². The number of carbonyl (C=O) groups is 1. The van der Waals surface area contributed by atoms with Crippen molar-refractivity contribution in [2.45, 2.75) is 25.4 Å². The summed E-state index contributed by atoms with van der Waals surface area (Å²) in [7, 11) is 3.51. The fourth-order valence-electron chi connectivity index (χ4n) is 2.15. The summed E-state index contributed by atoms with van der Waals surface area (Å²) in [4.78, 5) is 14.0. The number of amides is 1. The summed E-state index contributed by atoms with van der Waals surface area (Å²) in [5.74, 6) is 0.738. The van der Waals surface area contributed by atoms with Crippen LogP contribution in [0.2, 0.25) is 0 Å². The zero-order valence-electron chi connectivity index (χ0n) is 12.4. The molecule has 0 heterocycles. The van der Waals surface area contributed by atoms with Crippen LogP contribution < -0.4 is 15.8 Å². The van der Waals surface area contributed by atoms with Gasteiger partial charge in [0.25, 0.3) is 0 Å². The third-order valence-corrected chi connectivity index (χ3v) is 3.56. The molecule has 2 rings (SSSR count). The fraction of sp³-hybridized carbons (Fsp3) is 0.467. The third-order valence-electron chi connectivity index (χ3n) is 3.34. The number of carbonyl (C=O) groups excluding carboxylic acids is 1. The zero-order chi connectivity index (χ0) is 15.4. The van der Waals surface area contributed by atoms with Crippen molar-refractivity contribution < 1.29 is 9.53 Å². The highest BCUT2D eigenvalue weighted by atomic mass is 32.1. The maximum atomic E-state index is 11.7. The Morgan fingerprint density at radius 1 is 1.52 bits per heavy atom. The van der Waals surface area contributed by atoms with E-state index in [1.807, 2.05) is 30.1 Å². The summed E-state index contributed by atoms with van der Waals surface area (Å²) in [6.07, 6.45) is 2.21. The molecule has 0 spiro atoms. The molecule has 1 saturated carbocycles. The molecule has 5 nitrogen and oxygen atoms in total. The number of ether oxygens (including phenoxy) is 1. The third kappa shape index (κ3) is 4.68. The van der Waals surface area contributed by atoms with E-state index in [9.17, 15) is 4.79 Å². The summed E-state index contributed by atoms with van der Waals surface area (Å²) in [6.45, 7) is 1.04. The molecule has 0 radical (unpaired) electrons. The van der Waals surface area contributed by atoms with Crippen molar-refractivity contribution in [2.75, 3.05) is 20.7 Å². The Labute approximate surface area is 130 Å². The van der Waals surface area contributed by atoms with Gasteiger partial charge in [-0.1, -0.05) is 18.3 Å². The maximum absolute atomic E-state index is 11.7. The fourth-order valence-corrected chi connectivity index (χ4v) is 2.32. The number of hydrogen-bond donors (Lipinski definition) is 2. The number of methoxy groups -OCH3 is 1. The minimum absolute atomic E-state index is 0.0757. The first-order valence-electron chi connectivity index (χ1n) is 6.94. The number of nitrogens with zero attached hydrogens (tertiary/aromatic N) is 1. The van der Waals surface area contributed by atoms with Gasteiger partial charge < -0.3 is 15.8 Å². The Kier molecular flexibility index (Phi) is 5.14. The van der Waals surface area contributed by atoms with Gasteiger partial charge in [0.1, 0.15) is 10.7 Å². The van der Waals surface area contributed by atoms with E-state index in [0.717, 1.165) is 24.0 Å². The number of likely N-dealkylation sites (N-methyl/N-ethyl adjacent to an activating group) is 1. The van der Waals surface area contributed by atoms with Crippen molar-refractivity contribution in [1.29, 1.82) is 0 Å². The summed E-state index contributed by atoms with van der Waals surface area (Å²) in [5, 5.41) is 2.98. The molecule has 1 aromatic carbocycles. The summed E-state index contributed by atoms with van der Waals surface area (Å²) in [5.41, 5.74) is 7.42. The van der Waals surface area contributed by atoms with Gasteiger partial charge in [-0.2, -0.15) is 0 Å². The average Bonchev–Trinajstić information content (AvgIpc) is 3.21. The van der Waals surface area contributed by atoms with Crippen LogP contribution in [0.1, 0.15) is 24.0 Å². The molecule has 0 aliphatic heterocycles.